The number of ether oxygens (including phenoxy) is 1. The van der Waals surface area contributed by atoms with E-state index in [1.165, 1.54) is 0 Å². The second-order valence-electron chi connectivity index (χ2n) is 4.06. The van der Waals surface area contributed by atoms with Crippen molar-refractivity contribution < 1.29 is 13.5 Å². The summed E-state index contributed by atoms with van der Waals surface area (Å²) in [7, 11) is 0. The molecule has 1 aliphatic heterocycles. The Labute approximate surface area is 90.4 Å². The predicted molar refractivity (Wildman–Crippen MR) is 56.3 cm³/mol. The zero-order valence-electron chi connectivity index (χ0n) is 9.35. The van der Waals surface area contributed by atoms with Gasteiger partial charge in [0.25, 0.3) is 6.43 Å². The highest BCUT2D eigenvalue weighted by Crippen LogP contribution is 2.19. The van der Waals surface area contributed by atoms with Gasteiger partial charge in [-0.15, -0.1) is 0 Å². The molecule has 0 bridgehead atoms. The normalized spacial score (nSPS) is 23.6. The second kappa shape index (κ2) is 7.12. The molecule has 0 spiro atoms. The molecule has 0 radical (unpaired) electrons. The molecular formula is C11H21F2NO. The van der Waals surface area contributed by atoms with Crippen molar-refractivity contribution in [2.24, 2.45) is 0 Å². The van der Waals surface area contributed by atoms with Gasteiger partial charge in [-0.2, -0.15) is 0 Å². The molecular weight excluding hydrogens is 200 g/mol. The number of nitrogens with one attached hydrogen (secondary N) is 1. The Balaban J connectivity index is 2.09. The van der Waals surface area contributed by atoms with Crippen LogP contribution in [0.25, 0.3) is 0 Å². The number of halogens is 2. The molecule has 1 N–H and O–H groups in total. The maximum atomic E-state index is 12.5. The molecule has 1 rings (SSSR count). The summed E-state index contributed by atoms with van der Waals surface area (Å²) in [6.45, 7) is 3.31. The Morgan fingerprint density at radius 2 is 2.27 bits per heavy atom. The molecule has 1 aliphatic rings. The van der Waals surface area contributed by atoms with Crippen molar-refractivity contribution in [1.82, 2.24) is 5.32 Å². The molecule has 15 heavy (non-hydrogen) atoms. The van der Waals surface area contributed by atoms with E-state index in [1.54, 1.807) is 0 Å². The summed E-state index contributed by atoms with van der Waals surface area (Å²) in [5.74, 6) is 0. The lowest BCUT2D eigenvalue weighted by molar-refractivity contribution is 0.0813. The topological polar surface area (TPSA) is 21.3 Å². The molecule has 0 saturated carbocycles. The van der Waals surface area contributed by atoms with Crippen LogP contribution in [0.5, 0.6) is 0 Å². The van der Waals surface area contributed by atoms with Gasteiger partial charge in [-0.25, -0.2) is 8.78 Å². The molecule has 0 amide bonds. The van der Waals surface area contributed by atoms with E-state index >= 15 is 0 Å². The Morgan fingerprint density at radius 1 is 1.47 bits per heavy atom. The average Bonchev–Trinajstić information content (AvgIpc) is 2.69. The first kappa shape index (κ1) is 12.8. The summed E-state index contributed by atoms with van der Waals surface area (Å²) in [4.78, 5) is 0. The minimum atomic E-state index is -2.26. The highest BCUT2D eigenvalue weighted by atomic mass is 19.3. The van der Waals surface area contributed by atoms with Crippen LogP contribution in [-0.4, -0.2) is 31.7 Å². The van der Waals surface area contributed by atoms with E-state index in [4.69, 9.17) is 4.74 Å². The fourth-order valence-electron chi connectivity index (χ4n) is 2.02. The van der Waals surface area contributed by atoms with Crippen molar-refractivity contribution in [3.05, 3.63) is 0 Å². The Kier molecular flexibility index (Phi) is 6.10. The van der Waals surface area contributed by atoms with Crippen LogP contribution in [0.1, 0.15) is 39.0 Å². The van der Waals surface area contributed by atoms with Crippen LogP contribution >= 0.6 is 0 Å². The minimum absolute atomic E-state index is 0.324. The number of hydrogen-bond acceptors (Lipinski definition) is 2. The van der Waals surface area contributed by atoms with Gasteiger partial charge < -0.3 is 10.1 Å². The molecule has 2 atom stereocenters. The van der Waals surface area contributed by atoms with Crippen molar-refractivity contribution in [3.8, 4) is 0 Å². The minimum Gasteiger partial charge on any atom is -0.378 e. The summed E-state index contributed by atoms with van der Waals surface area (Å²) in [5, 5.41) is 2.82. The van der Waals surface area contributed by atoms with Gasteiger partial charge in [-0.3, -0.25) is 0 Å². The van der Waals surface area contributed by atoms with E-state index < -0.39 is 12.5 Å². The lowest BCUT2D eigenvalue weighted by Crippen LogP contribution is -2.35. The fourth-order valence-corrected chi connectivity index (χ4v) is 2.02. The van der Waals surface area contributed by atoms with Crippen LogP contribution in [0.15, 0.2) is 0 Å². The third-order valence-electron chi connectivity index (χ3n) is 2.84. The van der Waals surface area contributed by atoms with Gasteiger partial charge in [-0.1, -0.05) is 6.92 Å². The standard InChI is InChI=1S/C11H21F2NO/c1-2-14-10(11(12)13)7-3-5-9-6-4-8-15-9/h9-11,14H,2-8H2,1H3. The molecule has 0 aromatic rings. The third kappa shape index (κ3) is 4.89. The SMILES string of the molecule is CCNC(CCCC1CCCO1)C(F)F. The molecule has 90 valence electrons. The van der Waals surface area contributed by atoms with Crippen LogP contribution in [-0.2, 0) is 4.74 Å². The van der Waals surface area contributed by atoms with Crippen LogP contribution in [0.4, 0.5) is 8.78 Å². The Morgan fingerprint density at radius 3 is 2.80 bits per heavy atom. The predicted octanol–water partition coefficient (Wildman–Crippen LogP) is 2.58. The van der Waals surface area contributed by atoms with Gasteiger partial charge in [0.2, 0.25) is 0 Å². The van der Waals surface area contributed by atoms with Gasteiger partial charge in [0.1, 0.15) is 0 Å². The number of rotatable bonds is 7. The first-order valence-corrected chi connectivity index (χ1v) is 5.87. The first-order chi connectivity index (χ1) is 7.24. The summed E-state index contributed by atoms with van der Waals surface area (Å²) >= 11 is 0. The van der Waals surface area contributed by atoms with Crippen molar-refractivity contribution in [1.29, 1.82) is 0 Å². The molecule has 0 aliphatic carbocycles. The fraction of sp³-hybridized carbons (Fsp3) is 1.00. The lowest BCUT2D eigenvalue weighted by atomic mass is 10.1. The lowest BCUT2D eigenvalue weighted by Gasteiger charge is -2.17. The zero-order valence-corrected chi connectivity index (χ0v) is 9.35. The largest absolute Gasteiger partial charge is 0.378 e. The van der Waals surface area contributed by atoms with Gasteiger partial charge in [0.05, 0.1) is 12.1 Å². The van der Waals surface area contributed by atoms with Crippen molar-refractivity contribution in [2.75, 3.05) is 13.2 Å². The maximum absolute atomic E-state index is 12.5. The number of hydrogen-bond donors (Lipinski definition) is 1. The van der Waals surface area contributed by atoms with E-state index in [9.17, 15) is 8.78 Å². The zero-order chi connectivity index (χ0) is 11.1. The highest BCUT2D eigenvalue weighted by Gasteiger charge is 2.20. The third-order valence-corrected chi connectivity index (χ3v) is 2.84. The van der Waals surface area contributed by atoms with Crippen molar-refractivity contribution >= 4 is 0 Å². The summed E-state index contributed by atoms with van der Waals surface area (Å²) < 4.78 is 30.4. The first-order valence-electron chi connectivity index (χ1n) is 5.87. The van der Waals surface area contributed by atoms with Gasteiger partial charge in [0, 0.05) is 6.61 Å². The van der Waals surface area contributed by atoms with Crippen LogP contribution in [0.2, 0.25) is 0 Å². The quantitative estimate of drug-likeness (QED) is 0.713. The van der Waals surface area contributed by atoms with Crippen molar-refractivity contribution in [2.45, 2.75) is 57.6 Å². The molecule has 2 nitrogen and oxygen atoms in total. The Hall–Kier alpha value is -0.220. The smallest absolute Gasteiger partial charge is 0.253 e. The summed E-state index contributed by atoms with van der Waals surface area (Å²) in [5.41, 5.74) is 0. The maximum Gasteiger partial charge on any atom is 0.253 e. The summed E-state index contributed by atoms with van der Waals surface area (Å²) in [6, 6.07) is -0.642. The van der Waals surface area contributed by atoms with E-state index in [2.05, 4.69) is 5.32 Å². The molecule has 1 saturated heterocycles. The van der Waals surface area contributed by atoms with Gasteiger partial charge in [0.15, 0.2) is 0 Å². The molecule has 4 heteroatoms. The molecule has 0 aromatic heterocycles. The van der Waals surface area contributed by atoms with Crippen LogP contribution < -0.4 is 5.32 Å². The van der Waals surface area contributed by atoms with E-state index in [-0.39, 0.29) is 0 Å². The molecule has 2 unspecified atom stereocenters. The Bertz CT molecular complexity index is 161. The van der Waals surface area contributed by atoms with Gasteiger partial charge >= 0.3 is 0 Å². The van der Waals surface area contributed by atoms with E-state index in [0.29, 0.717) is 19.1 Å². The summed E-state index contributed by atoms with van der Waals surface area (Å²) in [6.07, 6.45) is 2.59. The van der Waals surface area contributed by atoms with Gasteiger partial charge in [-0.05, 0) is 38.6 Å². The molecule has 1 heterocycles. The van der Waals surface area contributed by atoms with Crippen molar-refractivity contribution in [3.63, 3.8) is 0 Å². The molecule has 0 aromatic carbocycles. The van der Waals surface area contributed by atoms with E-state index in [0.717, 1.165) is 32.3 Å². The average molecular weight is 221 g/mol. The van der Waals surface area contributed by atoms with E-state index in [1.807, 2.05) is 6.92 Å². The number of alkyl halides is 2. The van der Waals surface area contributed by atoms with Crippen LogP contribution in [0.3, 0.4) is 0 Å². The van der Waals surface area contributed by atoms with Crippen LogP contribution in [0, 0.1) is 0 Å². The monoisotopic (exact) mass is 221 g/mol. The highest BCUT2D eigenvalue weighted by molar-refractivity contribution is 4.71. The second-order valence-corrected chi connectivity index (χ2v) is 4.06. The molecule has 1 fully saturated rings.